The van der Waals surface area contributed by atoms with E-state index >= 15 is 0 Å². The Bertz CT molecular complexity index is 301. The lowest BCUT2D eigenvalue weighted by Crippen LogP contribution is -2.34. The summed E-state index contributed by atoms with van der Waals surface area (Å²) in [4.78, 5) is 11.7. The van der Waals surface area contributed by atoms with Crippen LogP contribution >= 0.6 is 0 Å². The number of amides is 1. The lowest BCUT2D eigenvalue weighted by molar-refractivity contribution is -0.0157. The van der Waals surface area contributed by atoms with E-state index in [9.17, 15) is 4.79 Å². The fourth-order valence-corrected chi connectivity index (χ4v) is 2.34. The summed E-state index contributed by atoms with van der Waals surface area (Å²) in [5, 5.41) is 2.81. The molecule has 0 bridgehead atoms. The number of alkyl carbamates (subject to hydrolysis) is 1. The lowest BCUT2D eigenvalue weighted by atomic mass is 9.88. The molecule has 1 amide bonds. The highest BCUT2D eigenvalue weighted by Crippen LogP contribution is 2.24. The van der Waals surface area contributed by atoms with Crippen LogP contribution in [-0.2, 0) is 9.47 Å². The number of carbonyl (C=O) groups excluding carboxylic acids is 1. The van der Waals surface area contributed by atoms with E-state index in [0.717, 1.165) is 12.8 Å². The van der Waals surface area contributed by atoms with E-state index in [2.05, 4.69) is 26.1 Å². The minimum atomic E-state index is -0.325. The Labute approximate surface area is 137 Å². The number of hydrogen-bond donors (Lipinski definition) is 1. The van der Waals surface area contributed by atoms with Gasteiger partial charge < -0.3 is 14.8 Å². The summed E-state index contributed by atoms with van der Waals surface area (Å²) in [5.74, 6) is 0. The first-order valence-electron chi connectivity index (χ1n) is 8.77. The van der Waals surface area contributed by atoms with Crippen molar-refractivity contribution in [3.63, 3.8) is 0 Å². The number of rotatable bonds is 12. The van der Waals surface area contributed by atoms with Crippen LogP contribution in [0.2, 0.25) is 0 Å². The van der Waals surface area contributed by atoms with Crippen molar-refractivity contribution in [2.75, 3.05) is 19.8 Å². The second kappa shape index (κ2) is 10.9. The van der Waals surface area contributed by atoms with Crippen molar-refractivity contribution < 1.29 is 14.3 Å². The molecule has 0 radical (unpaired) electrons. The molecular weight excluding hydrogens is 278 g/mol. The van der Waals surface area contributed by atoms with Gasteiger partial charge in [0, 0.05) is 13.2 Å². The van der Waals surface area contributed by atoms with E-state index in [4.69, 9.17) is 9.47 Å². The third-order valence-electron chi connectivity index (χ3n) is 3.83. The molecule has 0 aliphatic carbocycles. The van der Waals surface area contributed by atoms with Crippen molar-refractivity contribution in [2.45, 2.75) is 85.7 Å². The SMILES string of the molecule is CCCCCCC(C)(C)COC(=O)NCCC(C)(C)OCC. The van der Waals surface area contributed by atoms with E-state index < -0.39 is 0 Å². The molecule has 4 heteroatoms. The van der Waals surface area contributed by atoms with E-state index in [0.29, 0.717) is 19.8 Å². The highest BCUT2D eigenvalue weighted by Gasteiger charge is 2.21. The molecule has 132 valence electrons. The van der Waals surface area contributed by atoms with Crippen LogP contribution in [0.15, 0.2) is 0 Å². The quantitative estimate of drug-likeness (QED) is 0.520. The zero-order valence-corrected chi connectivity index (χ0v) is 15.6. The molecule has 0 aliphatic heterocycles. The van der Waals surface area contributed by atoms with Gasteiger partial charge in [-0.3, -0.25) is 0 Å². The average Bonchev–Trinajstić information content (AvgIpc) is 2.41. The predicted octanol–water partition coefficient (Wildman–Crippen LogP) is 4.91. The second-order valence-corrected chi connectivity index (χ2v) is 7.42. The largest absolute Gasteiger partial charge is 0.449 e. The standard InChI is InChI=1S/C18H37NO3/c1-7-9-10-11-12-17(3,4)15-21-16(20)19-14-13-18(5,6)22-8-2/h7-15H2,1-6H3,(H,19,20). The van der Waals surface area contributed by atoms with Crippen LogP contribution in [-0.4, -0.2) is 31.5 Å². The Balaban J connectivity index is 3.83. The number of ether oxygens (including phenoxy) is 2. The maximum absolute atomic E-state index is 11.7. The minimum Gasteiger partial charge on any atom is -0.449 e. The third kappa shape index (κ3) is 11.8. The fourth-order valence-electron chi connectivity index (χ4n) is 2.34. The predicted molar refractivity (Wildman–Crippen MR) is 92.2 cm³/mol. The molecule has 0 fully saturated rings. The molecule has 22 heavy (non-hydrogen) atoms. The zero-order valence-electron chi connectivity index (χ0n) is 15.6. The normalized spacial score (nSPS) is 12.3. The van der Waals surface area contributed by atoms with Crippen LogP contribution in [0.25, 0.3) is 0 Å². The summed E-state index contributed by atoms with van der Waals surface area (Å²) >= 11 is 0. The van der Waals surface area contributed by atoms with Gasteiger partial charge in [0.25, 0.3) is 0 Å². The fraction of sp³-hybridized carbons (Fsp3) is 0.944. The van der Waals surface area contributed by atoms with Crippen molar-refractivity contribution in [1.82, 2.24) is 5.32 Å². The molecule has 0 aromatic heterocycles. The first-order valence-corrected chi connectivity index (χ1v) is 8.77. The molecule has 0 spiro atoms. The molecule has 0 aromatic carbocycles. The van der Waals surface area contributed by atoms with Crippen LogP contribution < -0.4 is 5.32 Å². The molecule has 0 saturated heterocycles. The minimum absolute atomic E-state index is 0.0513. The smallest absolute Gasteiger partial charge is 0.407 e. The number of unbranched alkanes of at least 4 members (excludes halogenated alkanes) is 3. The van der Waals surface area contributed by atoms with E-state index in [-0.39, 0.29) is 17.1 Å². The van der Waals surface area contributed by atoms with Crippen molar-refractivity contribution in [3.8, 4) is 0 Å². The summed E-state index contributed by atoms with van der Waals surface area (Å²) < 4.78 is 10.9. The molecule has 4 nitrogen and oxygen atoms in total. The Kier molecular flexibility index (Phi) is 10.5. The molecule has 0 atom stereocenters. The summed E-state index contributed by atoms with van der Waals surface area (Å²) in [7, 11) is 0. The molecule has 0 rings (SSSR count). The average molecular weight is 315 g/mol. The van der Waals surface area contributed by atoms with Gasteiger partial charge in [0.1, 0.15) is 0 Å². The van der Waals surface area contributed by atoms with Crippen molar-refractivity contribution in [2.24, 2.45) is 5.41 Å². The Morgan fingerprint density at radius 1 is 1.00 bits per heavy atom. The topological polar surface area (TPSA) is 47.6 Å². The first kappa shape index (κ1) is 21.2. The van der Waals surface area contributed by atoms with Gasteiger partial charge in [-0.1, -0.05) is 46.5 Å². The zero-order chi connectivity index (χ0) is 17.1. The summed E-state index contributed by atoms with van der Waals surface area (Å²) in [6.45, 7) is 14.3. The monoisotopic (exact) mass is 315 g/mol. The molecular formula is C18H37NO3. The van der Waals surface area contributed by atoms with Crippen molar-refractivity contribution in [1.29, 1.82) is 0 Å². The van der Waals surface area contributed by atoms with Gasteiger partial charge in [-0.2, -0.15) is 0 Å². The Morgan fingerprint density at radius 3 is 2.27 bits per heavy atom. The summed E-state index contributed by atoms with van der Waals surface area (Å²) in [5.41, 5.74) is -0.156. The Hall–Kier alpha value is -0.770. The van der Waals surface area contributed by atoms with Gasteiger partial charge in [-0.15, -0.1) is 0 Å². The van der Waals surface area contributed by atoms with Crippen LogP contribution in [0.4, 0.5) is 4.79 Å². The van der Waals surface area contributed by atoms with Gasteiger partial charge in [0.2, 0.25) is 0 Å². The molecule has 0 unspecified atom stereocenters. The second-order valence-electron chi connectivity index (χ2n) is 7.42. The van der Waals surface area contributed by atoms with Gasteiger partial charge in [0.05, 0.1) is 12.2 Å². The molecule has 0 heterocycles. The van der Waals surface area contributed by atoms with E-state index in [1.165, 1.54) is 25.7 Å². The van der Waals surface area contributed by atoms with Crippen LogP contribution in [0.3, 0.4) is 0 Å². The highest BCUT2D eigenvalue weighted by molar-refractivity contribution is 5.67. The number of hydrogen-bond acceptors (Lipinski definition) is 3. The van der Waals surface area contributed by atoms with Gasteiger partial charge in [0.15, 0.2) is 0 Å². The molecule has 0 aliphatic rings. The highest BCUT2D eigenvalue weighted by atomic mass is 16.5. The number of nitrogens with one attached hydrogen (secondary N) is 1. The maximum Gasteiger partial charge on any atom is 0.407 e. The van der Waals surface area contributed by atoms with Crippen molar-refractivity contribution >= 4 is 6.09 Å². The van der Waals surface area contributed by atoms with Crippen LogP contribution in [0.1, 0.15) is 80.1 Å². The van der Waals surface area contributed by atoms with Gasteiger partial charge in [-0.25, -0.2) is 4.79 Å². The van der Waals surface area contributed by atoms with Gasteiger partial charge in [-0.05, 0) is 39.0 Å². The first-order chi connectivity index (χ1) is 10.2. The summed E-state index contributed by atoms with van der Waals surface area (Å²) in [6, 6.07) is 0. The van der Waals surface area contributed by atoms with E-state index in [1.54, 1.807) is 0 Å². The van der Waals surface area contributed by atoms with Crippen molar-refractivity contribution in [3.05, 3.63) is 0 Å². The molecule has 0 aromatic rings. The number of carbonyl (C=O) groups is 1. The van der Waals surface area contributed by atoms with Gasteiger partial charge >= 0.3 is 6.09 Å². The third-order valence-corrected chi connectivity index (χ3v) is 3.83. The van der Waals surface area contributed by atoms with E-state index in [1.807, 2.05) is 20.8 Å². The van der Waals surface area contributed by atoms with Crippen LogP contribution in [0.5, 0.6) is 0 Å². The Morgan fingerprint density at radius 2 is 1.68 bits per heavy atom. The molecule has 0 saturated carbocycles. The summed E-state index contributed by atoms with van der Waals surface area (Å²) in [6.07, 6.45) is 6.54. The van der Waals surface area contributed by atoms with Crippen LogP contribution in [0, 0.1) is 5.41 Å². The molecule has 1 N–H and O–H groups in total. The lowest BCUT2D eigenvalue weighted by Gasteiger charge is -2.26. The maximum atomic E-state index is 11.7.